The molecule has 3 rings (SSSR count). The Morgan fingerprint density at radius 1 is 1.23 bits per heavy atom. The second-order valence-electron chi connectivity index (χ2n) is 6.59. The van der Waals surface area contributed by atoms with Crippen molar-refractivity contribution in [2.75, 3.05) is 47.0 Å². The normalized spacial score (nSPS) is 22.1. The topological polar surface area (TPSA) is 71.1 Å². The summed E-state index contributed by atoms with van der Waals surface area (Å²) in [6.07, 6.45) is 1.65. The van der Waals surface area contributed by atoms with Gasteiger partial charge in [-0.05, 0) is 18.9 Å². The molecule has 0 saturated carbocycles. The fraction of sp³-hybridized carbons (Fsp3) is 0.579. The quantitative estimate of drug-likeness (QED) is 0.840. The summed E-state index contributed by atoms with van der Waals surface area (Å²) < 4.78 is 10.8. The summed E-state index contributed by atoms with van der Waals surface area (Å²) >= 11 is 0. The van der Waals surface area contributed by atoms with E-state index in [-0.39, 0.29) is 17.9 Å². The van der Waals surface area contributed by atoms with E-state index in [1.54, 1.807) is 14.2 Å². The van der Waals surface area contributed by atoms with E-state index in [0.717, 1.165) is 18.4 Å². The van der Waals surface area contributed by atoms with Crippen LogP contribution in [0, 0.1) is 0 Å². The van der Waals surface area contributed by atoms with E-state index in [1.165, 1.54) is 0 Å². The lowest BCUT2D eigenvalue weighted by atomic mass is 10.0. The predicted molar refractivity (Wildman–Crippen MR) is 96.9 cm³/mol. The average molecular weight is 361 g/mol. The molecule has 2 saturated heterocycles. The molecule has 0 bridgehead atoms. The molecule has 0 radical (unpaired) electrons. The lowest BCUT2D eigenvalue weighted by molar-refractivity contribution is -0.142. The third-order valence-corrected chi connectivity index (χ3v) is 5.16. The van der Waals surface area contributed by atoms with Crippen LogP contribution in [0.15, 0.2) is 24.3 Å². The number of ether oxygens (including phenoxy) is 2. The van der Waals surface area contributed by atoms with Crippen LogP contribution in [0.4, 0.5) is 0 Å². The van der Waals surface area contributed by atoms with E-state index in [2.05, 4.69) is 5.32 Å². The number of nitrogens with one attached hydrogen (secondary N) is 1. The maximum absolute atomic E-state index is 13.1. The zero-order valence-corrected chi connectivity index (χ0v) is 15.4. The average Bonchev–Trinajstić information content (AvgIpc) is 3.17. The Morgan fingerprint density at radius 3 is 2.65 bits per heavy atom. The zero-order chi connectivity index (χ0) is 18.5. The van der Waals surface area contributed by atoms with Crippen LogP contribution in [0.3, 0.4) is 0 Å². The van der Waals surface area contributed by atoms with Crippen molar-refractivity contribution >= 4 is 11.8 Å². The molecular weight excluding hydrogens is 334 g/mol. The van der Waals surface area contributed by atoms with Crippen molar-refractivity contribution in [2.45, 2.75) is 24.9 Å². The summed E-state index contributed by atoms with van der Waals surface area (Å²) in [6.45, 7) is 3.08. The Hall–Kier alpha value is -2.12. The van der Waals surface area contributed by atoms with Gasteiger partial charge in [0.05, 0.1) is 26.4 Å². The molecule has 26 heavy (non-hydrogen) atoms. The van der Waals surface area contributed by atoms with E-state index in [9.17, 15) is 9.59 Å². The number of hydrogen-bond donors (Lipinski definition) is 1. The third kappa shape index (κ3) is 3.68. The molecule has 1 aromatic carbocycles. The number of nitrogens with zero attached hydrogens (tertiary/aromatic N) is 2. The smallest absolute Gasteiger partial charge is 0.241 e. The molecule has 0 spiro atoms. The van der Waals surface area contributed by atoms with E-state index < -0.39 is 6.04 Å². The lowest BCUT2D eigenvalue weighted by Gasteiger charge is -2.36. The van der Waals surface area contributed by atoms with Crippen LogP contribution in [0.25, 0.3) is 0 Å². The maximum atomic E-state index is 13.1. The number of rotatable bonds is 5. The van der Waals surface area contributed by atoms with Gasteiger partial charge in [-0.3, -0.25) is 14.5 Å². The minimum atomic E-state index is -0.548. The highest BCUT2D eigenvalue weighted by Gasteiger charge is 2.41. The van der Waals surface area contributed by atoms with Crippen LogP contribution in [0.2, 0.25) is 0 Å². The Morgan fingerprint density at radius 2 is 1.96 bits per heavy atom. The van der Waals surface area contributed by atoms with E-state index in [1.807, 2.05) is 34.1 Å². The van der Waals surface area contributed by atoms with Gasteiger partial charge in [-0.1, -0.05) is 18.2 Å². The summed E-state index contributed by atoms with van der Waals surface area (Å²) in [4.78, 5) is 29.7. The molecule has 0 aliphatic carbocycles. The molecule has 1 aromatic rings. The summed E-state index contributed by atoms with van der Waals surface area (Å²) in [5.41, 5.74) is 0.788. The van der Waals surface area contributed by atoms with E-state index in [4.69, 9.17) is 9.47 Å². The molecular formula is C19H27N3O4. The van der Waals surface area contributed by atoms with Gasteiger partial charge in [0.15, 0.2) is 0 Å². The molecule has 2 aliphatic heterocycles. The van der Waals surface area contributed by atoms with Crippen LogP contribution in [-0.2, 0) is 14.3 Å². The highest BCUT2D eigenvalue weighted by atomic mass is 16.5. The first kappa shape index (κ1) is 18.7. The molecule has 7 heteroatoms. The van der Waals surface area contributed by atoms with Crippen LogP contribution < -0.4 is 10.1 Å². The summed E-state index contributed by atoms with van der Waals surface area (Å²) in [6, 6.07) is 6.67. The number of amides is 2. The molecule has 2 amide bonds. The Labute approximate surface area is 154 Å². The van der Waals surface area contributed by atoms with Crippen molar-refractivity contribution in [3.63, 3.8) is 0 Å². The van der Waals surface area contributed by atoms with Crippen LogP contribution >= 0.6 is 0 Å². The number of hydrogen-bond acceptors (Lipinski definition) is 5. The van der Waals surface area contributed by atoms with Gasteiger partial charge < -0.3 is 19.7 Å². The van der Waals surface area contributed by atoms with Crippen molar-refractivity contribution in [3.05, 3.63) is 29.8 Å². The molecule has 0 aromatic heterocycles. The third-order valence-electron chi connectivity index (χ3n) is 5.16. The minimum Gasteiger partial charge on any atom is -0.496 e. The van der Waals surface area contributed by atoms with Gasteiger partial charge >= 0.3 is 0 Å². The fourth-order valence-electron chi connectivity index (χ4n) is 3.86. The number of morpholine rings is 1. The SMILES string of the molecule is CNC(=O)C(c1ccccc1OC)N1CCCC1C(=O)N1CCOCC1. The number of carbonyl (C=O) groups is 2. The van der Waals surface area contributed by atoms with Gasteiger partial charge in [0.1, 0.15) is 11.8 Å². The molecule has 2 atom stereocenters. The Bertz CT molecular complexity index is 645. The fourth-order valence-corrected chi connectivity index (χ4v) is 3.86. The zero-order valence-electron chi connectivity index (χ0n) is 15.4. The van der Waals surface area contributed by atoms with E-state index in [0.29, 0.717) is 38.6 Å². The second kappa shape index (κ2) is 8.51. The maximum Gasteiger partial charge on any atom is 0.241 e. The van der Waals surface area contributed by atoms with Gasteiger partial charge in [0.25, 0.3) is 0 Å². The number of benzene rings is 1. The summed E-state index contributed by atoms with van der Waals surface area (Å²) in [7, 11) is 3.22. The molecule has 2 fully saturated rings. The standard InChI is InChI=1S/C19H27N3O4/c1-20-18(23)17(14-6-3-4-8-16(14)25-2)22-9-5-7-15(22)19(24)21-10-12-26-13-11-21/h3-4,6,8,15,17H,5,7,9-13H2,1-2H3,(H,20,23). The minimum absolute atomic E-state index is 0.0922. The monoisotopic (exact) mass is 361 g/mol. The number of likely N-dealkylation sites (N-methyl/N-ethyl adjacent to an activating group) is 1. The first-order chi connectivity index (χ1) is 12.7. The molecule has 1 N–H and O–H groups in total. The van der Waals surface area contributed by atoms with Gasteiger partial charge in [-0.2, -0.15) is 0 Å². The number of carbonyl (C=O) groups excluding carboxylic acids is 2. The van der Waals surface area contributed by atoms with Crippen molar-refractivity contribution in [1.29, 1.82) is 0 Å². The van der Waals surface area contributed by atoms with Crippen LogP contribution in [0.1, 0.15) is 24.4 Å². The first-order valence-corrected chi connectivity index (χ1v) is 9.14. The van der Waals surface area contributed by atoms with Gasteiger partial charge in [0.2, 0.25) is 11.8 Å². The molecule has 2 aliphatic rings. The van der Waals surface area contributed by atoms with Gasteiger partial charge in [-0.25, -0.2) is 0 Å². The number of para-hydroxylation sites is 1. The lowest BCUT2D eigenvalue weighted by Crippen LogP contribution is -2.52. The van der Waals surface area contributed by atoms with Crippen LogP contribution in [-0.4, -0.2) is 74.7 Å². The van der Waals surface area contributed by atoms with Crippen molar-refractivity contribution in [1.82, 2.24) is 15.1 Å². The molecule has 2 heterocycles. The van der Waals surface area contributed by atoms with Gasteiger partial charge in [-0.15, -0.1) is 0 Å². The van der Waals surface area contributed by atoms with E-state index >= 15 is 0 Å². The number of likely N-dealkylation sites (tertiary alicyclic amines) is 1. The van der Waals surface area contributed by atoms with Gasteiger partial charge in [0, 0.05) is 32.2 Å². The highest BCUT2D eigenvalue weighted by molar-refractivity contribution is 5.87. The first-order valence-electron chi connectivity index (χ1n) is 9.14. The molecule has 142 valence electrons. The molecule has 2 unspecified atom stereocenters. The van der Waals surface area contributed by atoms with Crippen molar-refractivity contribution in [3.8, 4) is 5.75 Å². The Balaban J connectivity index is 1.90. The highest BCUT2D eigenvalue weighted by Crippen LogP contribution is 2.35. The second-order valence-corrected chi connectivity index (χ2v) is 6.59. The van der Waals surface area contributed by atoms with Crippen LogP contribution in [0.5, 0.6) is 5.75 Å². The molecule has 7 nitrogen and oxygen atoms in total. The summed E-state index contributed by atoms with van der Waals surface area (Å²) in [5, 5.41) is 2.75. The summed E-state index contributed by atoms with van der Waals surface area (Å²) in [5.74, 6) is 0.622. The Kier molecular flexibility index (Phi) is 6.11. The van der Waals surface area contributed by atoms with Crippen molar-refractivity contribution < 1.29 is 19.1 Å². The van der Waals surface area contributed by atoms with Crippen molar-refractivity contribution in [2.24, 2.45) is 0 Å². The largest absolute Gasteiger partial charge is 0.496 e. The predicted octanol–water partition coefficient (Wildman–Crippen LogP) is 0.806. The number of methoxy groups -OCH3 is 1.